The molecule has 0 fully saturated rings. The first-order chi connectivity index (χ1) is 14.0. The second-order valence-electron chi connectivity index (χ2n) is 6.31. The summed E-state index contributed by atoms with van der Waals surface area (Å²) in [6.45, 7) is 1.33. The predicted molar refractivity (Wildman–Crippen MR) is 106 cm³/mol. The summed E-state index contributed by atoms with van der Waals surface area (Å²) in [6.07, 6.45) is 2.51. The Kier molecular flexibility index (Phi) is 6.29. The van der Waals surface area contributed by atoms with Gasteiger partial charge in [-0.15, -0.1) is 0 Å². The third-order valence-electron chi connectivity index (χ3n) is 4.18. The number of rotatable bonds is 7. The molecule has 1 aromatic heterocycles. The Labute approximate surface area is 166 Å². The number of carbonyl (C=O) groups is 2. The molecule has 0 radical (unpaired) electrons. The first-order valence-corrected chi connectivity index (χ1v) is 8.92. The number of esters is 1. The minimum absolute atomic E-state index is 0.111. The zero-order valence-electron chi connectivity index (χ0n) is 16.0. The van der Waals surface area contributed by atoms with E-state index in [1.807, 2.05) is 30.3 Å². The first-order valence-electron chi connectivity index (χ1n) is 8.92. The van der Waals surface area contributed by atoms with E-state index in [9.17, 15) is 14.0 Å². The summed E-state index contributed by atoms with van der Waals surface area (Å²) in [5.41, 5.74) is 1.19. The third-order valence-corrected chi connectivity index (χ3v) is 4.18. The van der Waals surface area contributed by atoms with Crippen molar-refractivity contribution in [2.45, 2.75) is 13.0 Å². The molecule has 0 bridgehead atoms. The Hall–Kier alpha value is -3.61. The normalized spacial score (nSPS) is 12.1. The molecular weight excluding hydrogens is 377 g/mol. The molecule has 3 aromatic rings. The van der Waals surface area contributed by atoms with Gasteiger partial charge in [0.05, 0.1) is 13.2 Å². The number of furan rings is 1. The van der Waals surface area contributed by atoms with Crippen LogP contribution in [0.1, 0.15) is 24.3 Å². The fourth-order valence-corrected chi connectivity index (χ4v) is 2.71. The van der Waals surface area contributed by atoms with Gasteiger partial charge in [0.2, 0.25) is 0 Å². The monoisotopic (exact) mass is 397 g/mol. The van der Waals surface area contributed by atoms with Gasteiger partial charge in [-0.1, -0.05) is 24.3 Å². The number of benzene rings is 2. The molecule has 7 heteroatoms. The van der Waals surface area contributed by atoms with Crippen LogP contribution >= 0.6 is 0 Å². The van der Waals surface area contributed by atoms with Crippen molar-refractivity contribution in [1.29, 1.82) is 0 Å². The number of hydrogen-bond donors (Lipinski definition) is 1. The second kappa shape index (κ2) is 9.05. The molecule has 0 unspecified atom stereocenters. The molecule has 0 aliphatic rings. The van der Waals surface area contributed by atoms with Crippen molar-refractivity contribution in [1.82, 2.24) is 5.32 Å². The SMILES string of the molecule is COc1ccc(/C=C/C(=O)OCC(=O)N[C@@H](C)c2cc3ccccc3o2)cc1F. The average Bonchev–Trinajstić information content (AvgIpc) is 3.15. The molecule has 0 saturated heterocycles. The minimum Gasteiger partial charge on any atom is -0.494 e. The van der Waals surface area contributed by atoms with Crippen LogP contribution in [0.15, 0.2) is 59.0 Å². The van der Waals surface area contributed by atoms with Crippen LogP contribution in [0.25, 0.3) is 17.0 Å². The van der Waals surface area contributed by atoms with E-state index >= 15 is 0 Å². The van der Waals surface area contributed by atoms with E-state index in [1.54, 1.807) is 13.0 Å². The maximum atomic E-state index is 13.6. The highest BCUT2D eigenvalue weighted by molar-refractivity contribution is 5.89. The van der Waals surface area contributed by atoms with E-state index in [0.717, 1.165) is 17.0 Å². The van der Waals surface area contributed by atoms with Gasteiger partial charge in [-0.3, -0.25) is 4.79 Å². The van der Waals surface area contributed by atoms with Gasteiger partial charge in [-0.05, 0) is 42.8 Å². The van der Waals surface area contributed by atoms with E-state index in [1.165, 1.54) is 25.3 Å². The fraction of sp³-hybridized carbons (Fsp3) is 0.182. The number of amides is 1. The second-order valence-corrected chi connectivity index (χ2v) is 6.31. The molecule has 6 nitrogen and oxygen atoms in total. The molecule has 29 heavy (non-hydrogen) atoms. The highest BCUT2D eigenvalue weighted by atomic mass is 19.1. The number of halogens is 1. The Morgan fingerprint density at radius 3 is 2.72 bits per heavy atom. The van der Waals surface area contributed by atoms with Crippen molar-refractivity contribution in [3.05, 3.63) is 71.7 Å². The van der Waals surface area contributed by atoms with Crippen LogP contribution in [0.3, 0.4) is 0 Å². The Morgan fingerprint density at radius 2 is 2.00 bits per heavy atom. The molecule has 1 N–H and O–H groups in total. The van der Waals surface area contributed by atoms with Crippen molar-refractivity contribution in [2.24, 2.45) is 0 Å². The van der Waals surface area contributed by atoms with E-state index < -0.39 is 24.3 Å². The van der Waals surface area contributed by atoms with Crippen molar-refractivity contribution in [2.75, 3.05) is 13.7 Å². The van der Waals surface area contributed by atoms with E-state index in [0.29, 0.717) is 11.3 Å². The van der Waals surface area contributed by atoms with Gasteiger partial charge in [-0.2, -0.15) is 0 Å². The summed E-state index contributed by atoms with van der Waals surface area (Å²) in [5, 5.41) is 3.65. The molecule has 0 aliphatic heterocycles. The molecule has 150 valence electrons. The fourth-order valence-electron chi connectivity index (χ4n) is 2.71. The molecule has 1 atom stereocenters. The van der Waals surface area contributed by atoms with Crippen LogP contribution in [-0.4, -0.2) is 25.6 Å². The summed E-state index contributed by atoms with van der Waals surface area (Å²) >= 11 is 0. The van der Waals surface area contributed by atoms with Gasteiger partial charge in [0.15, 0.2) is 18.2 Å². The quantitative estimate of drug-likeness (QED) is 0.481. The van der Waals surface area contributed by atoms with E-state index in [2.05, 4.69) is 5.32 Å². The van der Waals surface area contributed by atoms with Crippen LogP contribution in [-0.2, 0) is 14.3 Å². The summed E-state index contributed by atoms with van der Waals surface area (Å²) in [4.78, 5) is 23.8. The summed E-state index contributed by atoms with van der Waals surface area (Å²) in [5.74, 6) is -1.00. The molecule has 2 aromatic carbocycles. The van der Waals surface area contributed by atoms with Gasteiger partial charge in [0, 0.05) is 11.5 Å². The topological polar surface area (TPSA) is 77.8 Å². The van der Waals surface area contributed by atoms with Crippen molar-refractivity contribution in [3.63, 3.8) is 0 Å². The average molecular weight is 397 g/mol. The molecule has 0 spiro atoms. The number of fused-ring (bicyclic) bond motifs is 1. The smallest absolute Gasteiger partial charge is 0.331 e. The number of hydrogen-bond acceptors (Lipinski definition) is 5. The molecule has 3 rings (SSSR count). The van der Waals surface area contributed by atoms with Crippen molar-refractivity contribution >= 4 is 28.9 Å². The lowest BCUT2D eigenvalue weighted by Crippen LogP contribution is -2.30. The number of ether oxygens (including phenoxy) is 2. The predicted octanol–water partition coefficient (Wildman–Crippen LogP) is 4.01. The molecule has 1 heterocycles. The standard InChI is InChI=1S/C22H20FNO5/c1-14(20-12-16-5-3-4-6-18(16)29-20)24-21(25)13-28-22(26)10-8-15-7-9-19(27-2)17(23)11-15/h3-12,14H,13H2,1-2H3,(H,24,25)/b10-8+/t14-/m0/s1. The Bertz CT molecular complexity index is 1020. The number of para-hydroxylation sites is 1. The number of nitrogens with one attached hydrogen (secondary N) is 1. The number of methoxy groups -OCH3 is 1. The summed E-state index contributed by atoms with van der Waals surface area (Å²) in [7, 11) is 1.37. The van der Waals surface area contributed by atoms with Crippen LogP contribution < -0.4 is 10.1 Å². The van der Waals surface area contributed by atoms with Gasteiger partial charge in [0.1, 0.15) is 11.3 Å². The Morgan fingerprint density at radius 1 is 1.21 bits per heavy atom. The maximum absolute atomic E-state index is 13.6. The van der Waals surface area contributed by atoms with Crippen LogP contribution in [0.4, 0.5) is 4.39 Å². The zero-order chi connectivity index (χ0) is 20.8. The summed E-state index contributed by atoms with van der Waals surface area (Å²) < 4.78 is 29.1. The molecule has 0 aliphatic carbocycles. The lowest BCUT2D eigenvalue weighted by molar-refractivity contribution is -0.144. The summed E-state index contributed by atoms with van der Waals surface area (Å²) in [6, 6.07) is 13.3. The number of carbonyl (C=O) groups excluding carboxylic acids is 2. The molecule has 0 saturated carbocycles. The van der Waals surface area contributed by atoms with Gasteiger partial charge < -0.3 is 19.2 Å². The Balaban J connectivity index is 1.49. The van der Waals surface area contributed by atoms with Crippen LogP contribution in [0.2, 0.25) is 0 Å². The van der Waals surface area contributed by atoms with E-state index in [4.69, 9.17) is 13.9 Å². The lowest BCUT2D eigenvalue weighted by Gasteiger charge is -2.11. The van der Waals surface area contributed by atoms with E-state index in [-0.39, 0.29) is 11.8 Å². The van der Waals surface area contributed by atoms with Gasteiger partial charge >= 0.3 is 5.97 Å². The molecule has 1 amide bonds. The van der Waals surface area contributed by atoms with Crippen molar-refractivity contribution in [3.8, 4) is 5.75 Å². The largest absolute Gasteiger partial charge is 0.494 e. The molecular formula is C22H20FNO5. The highest BCUT2D eigenvalue weighted by Crippen LogP contribution is 2.23. The minimum atomic E-state index is -0.715. The van der Waals surface area contributed by atoms with Crippen LogP contribution in [0.5, 0.6) is 5.75 Å². The highest BCUT2D eigenvalue weighted by Gasteiger charge is 2.15. The maximum Gasteiger partial charge on any atom is 0.331 e. The van der Waals surface area contributed by atoms with Crippen molar-refractivity contribution < 1.29 is 27.9 Å². The lowest BCUT2D eigenvalue weighted by atomic mass is 10.2. The first kappa shape index (κ1) is 20.1. The third kappa shape index (κ3) is 5.22. The van der Waals surface area contributed by atoms with Gasteiger partial charge in [-0.25, -0.2) is 9.18 Å². The zero-order valence-corrected chi connectivity index (χ0v) is 16.0. The van der Waals surface area contributed by atoms with Gasteiger partial charge in [0.25, 0.3) is 5.91 Å². The van der Waals surface area contributed by atoms with Crippen LogP contribution in [0, 0.1) is 5.82 Å².